The zero-order valence-corrected chi connectivity index (χ0v) is 8.85. The van der Waals surface area contributed by atoms with Crippen molar-refractivity contribution in [3.63, 3.8) is 0 Å². The van der Waals surface area contributed by atoms with Crippen molar-refractivity contribution in [1.29, 1.82) is 0 Å². The molecule has 2 heterocycles. The lowest BCUT2D eigenvalue weighted by molar-refractivity contribution is -0.142. The number of aliphatic carboxylic acids is 1. The first kappa shape index (κ1) is 12.3. The molecule has 18 heavy (non-hydrogen) atoms. The largest absolute Gasteiger partial charge is 0.481 e. The lowest BCUT2D eigenvalue weighted by Gasteiger charge is -2.06. The molecule has 0 atom stereocenters. The Kier molecular flexibility index (Phi) is 2.89. The molecule has 0 saturated heterocycles. The smallest absolute Gasteiger partial charge is 0.433 e. The Morgan fingerprint density at radius 2 is 2.17 bits per heavy atom. The molecule has 0 bridgehead atoms. The van der Waals surface area contributed by atoms with E-state index in [4.69, 9.17) is 5.11 Å². The Morgan fingerprint density at radius 1 is 1.44 bits per heavy atom. The van der Waals surface area contributed by atoms with Crippen LogP contribution >= 0.6 is 0 Å². The van der Waals surface area contributed by atoms with Crippen LogP contribution in [0.4, 0.5) is 13.2 Å². The van der Waals surface area contributed by atoms with Gasteiger partial charge in [0, 0.05) is 12.6 Å². The van der Waals surface area contributed by atoms with E-state index < -0.39 is 17.8 Å². The first-order valence-electron chi connectivity index (χ1n) is 4.87. The van der Waals surface area contributed by atoms with Crippen molar-refractivity contribution in [2.24, 2.45) is 0 Å². The van der Waals surface area contributed by atoms with E-state index in [0.29, 0.717) is 4.52 Å². The summed E-state index contributed by atoms with van der Waals surface area (Å²) in [5.74, 6) is -1.26. The van der Waals surface area contributed by atoms with E-state index in [9.17, 15) is 18.0 Å². The minimum absolute atomic E-state index is 0.0154. The Hall–Kier alpha value is -2.19. The van der Waals surface area contributed by atoms with Crippen LogP contribution in [0.5, 0.6) is 0 Å². The van der Waals surface area contributed by atoms with E-state index >= 15 is 0 Å². The van der Waals surface area contributed by atoms with Crippen LogP contribution in [0.2, 0.25) is 0 Å². The predicted molar refractivity (Wildman–Crippen MR) is 51.7 cm³/mol. The van der Waals surface area contributed by atoms with Gasteiger partial charge in [0.05, 0.1) is 6.42 Å². The number of rotatable bonds is 3. The van der Waals surface area contributed by atoms with Gasteiger partial charge in [0.2, 0.25) is 0 Å². The molecule has 0 amide bonds. The van der Waals surface area contributed by atoms with Crippen molar-refractivity contribution in [2.45, 2.75) is 19.0 Å². The van der Waals surface area contributed by atoms with Crippen molar-refractivity contribution in [3.05, 3.63) is 23.8 Å². The average molecular weight is 260 g/mol. The number of carboxylic acid groups (broad SMARTS) is 1. The van der Waals surface area contributed by atoms with Crippen LogP contribution < -0.4 is 0 Å². The average Bonchev–Trinajstić information content (AvgIpc) is 2.66. The molecule has 2 rings (SSSR count). The van der Waals surface area contributed by atoms with E-state index in [-0.39, 0.29) is 24.4 Å². The van der Waals surface area contributed by atoms with Crippen molar-refractivity contribution in [1.82, 2.24) is 19.6 Å². The molecule has 0 fully saturated rings. The van der Waals surface area contributed by atoms with Crippen LogP contribution in [0.1, 0.15) is 17.9 Å². The molecule has 0 spiro atoms. The lowest BCUT2D eigenvalue weighted by atomic mass is 10.3. The molecule has 1 N–H and O–H groups in total. The molecular formula is C9H7F3N4O2. The fraction of sp³-hybridized carbons (Fsp3) is 0.333. The fourth-order valence-electron chi connectivity index (χ4n) is 1.37. The van der Waals surface area contributed by atoms with Gasteiger partial charge in [-0.05, 0) is 6.07 Å². The molecule has 0 aliphatic rings. The van der Waals surface area contributed by atoms with Gasteiger partial charge in [-0.1, -0.05) is 0 Å². The standard InChI is InChI=1S/C9H7F3N4O2/c10-9(11,12)5-3-4-13-8-14-6(15-16(5)8)1-2-7(17)18/h3-4H,1-2H2,(H,17,18). The van der Waals surface area contributed by atoms with E-state index in [0.717, 1.165) is 12.3 Å². The van der Waals surface area contributed by atoms with Crippen molar-refractivity contribution >= 4 is 11.7 Å². The number of hydrogen-bond acceptors (Lipinski definition) is 4. The highest BCUT2D eigenvalue weighted by Crippen LogP contribution is 2.28. The summed E-state index contributed by atoms with van der Waals surface area (Å²) in [5.41, 5.74) is -0.999. The molecule has 9 heteroatoms. The first-order chi connectivity index (χ1) is 8.38. The summed E-state index contributed by atoms with van der Waals surface area (Å²) in [6.45, 7) is 0. The normalized spacial score (nSPS) is 11.9. The maximum atomic E-state index is 12.6. The molecule has 96 valence electrons. The van der Waals surface area contributed by atoms with Gasteiger partial charge in [-0.25, -0.2) is 4.98 Å². The number of fused-ring (bicyclic) bond motifs is 1. The number of nitrogens with zero attached hydrogens (tertiary/aromatic N) is 4. The molecule has 2 aromatic heterocycles. The zero-order valence-electron chi connectivity index (χ0n) is 8.85. The summed E-state index contributed by atoms with van der Waals surface area (Å²) in [5, 5.41) is 12.1. The number of carboxylic acids is 1. The van der Waals surface area contributed by atoms with Gasteiger partial charge in [-0.3, -0.25) is 4.79 Å². The Morgan fingerprint density at radius 3 is 2.78 bits per heavy atom. The third-order valence-electron chi connectivity index (χ3n) is 2.14. The minimum atomic E-state index is -4.57. The molecule has 2 aromatic rings. The fourth-order valence-corrected chi connectivity index (χ4v) is 1.37. The molecular weight excluding hydrogens is 253 g/mol. The third-order valence-corrected chi connectivity index (χ3v) is 2.14. The van der Waals surface area contributed by atoms with Gasteiger partial charge in [-0.15, -0.1) is 5.10 Å². The van der Waals surface area contributed by atoms with Crippen molar-refractivity contribution < 1.29 is 23.1 Å². The highest BCUT2D eigenvalue weighted by molar-refractivity contribution is 5.66. The zero-order chi connectivity index (χ0) is 13.3. The number of aromatic nitrogens is 4. The summed E-state index contributed by atoms with van der Waals surface area (Å²) in [4.78, 5) is 17.7. The number of carbonyl (C=O) groups is 1. The van der Waals surface area contributed by atoms with Gasteiger partial charge >= 0.3 is 12.1 Å². The molecule has 0 radical (unpaired) electrons. The quantitative estimate of drug-likeness (QED) is 0.895. The van der Waals surface area contributed by atoms with E-state index in [1.807, 2.05) is 0 Å². The summed E-state index contributed by atoms with van der Waals surface area (Å²) in [6.07, 6.45) is -3.89. The van der Waals surface area contributed by atoms with Crippen LogP contribution in [0.25, 0.3) is 5.78 Å². The molecule has 0 saturated carbocycles. The topological polar surface area (TPSA) is 80.4 Å². The van der Waals surface area contributed by atoms with E-state index in [1.54, 1.807) is 0 Å². The monoisotopic (exact) mass is 260 g/mol. The van der Waals surface area contributed by atoms with Gasteiger partial charge in [0.15, 0.2) is 11.5 Å². The van der Waals surface area contributed by atoms with E-state index in [2.05, 4.69) is 15.1 Å². The summed E-state index contributed by atoms with van der Waals surface area (Å²) in [6, 6.07) is 0.780. The number of aryl methyl sites for hydroxylation is 1. The SMILES string of the molecule is O=C(O)CCc1nc2nccc(C(F)(F)F)n2n1. The molecule has 0 aliphatic heterocycles. The van der Waals surface area contributed by atoms with Crippen LogP contribution in [0.15, 0.2) is 12.3 Å². The number of halogens is 3. The Labute approximate surface area is 98.1 Å². The second kappa shape index (κ2) is 4.24. The second-order valence-electron chi connectivity index (χ2n) is 3.46. The van der Waals surface area contributed by atoms with Crippen LogP contribution in [0.3, 0.4) is 0 Å². The summed E-state index contributed by atoms with van der Waals surface area (Å²) in [7, 11) is 0. The van der Waals surface area contributed by atoms with Crippen molar-refractivity contribution in [3.8, 4) is 0 Å². The van der Waals surface area contributed by atoms with Gasteiger partial charge in [0.1, 0.15) is 0 Å². The second-order valence-corrected chi connectivity index (χ2v) is 3.46. The molecule has 0 aliphatic carbocycles. The first-order valence-corrected chi connectivity index (χ1v) is 4.87. The predicted octanol–water partition coefficient (Wildman–Crippen LogP) is 1.16. The van der Waals surface area contributed by atoms with Crippen LogP contribution in [-0.2, 0) is 17.4 Å². The number of hydrogen-bond donors (Lipinski definition) is 1. The Bertz CT molecular complexity index is 593. The molecule has 6 nitrogen and oxygen atoms in total. The molecule has 0 unspecified atom stereocenters. The van der Waals surface area contributed by atoms with Crippen LogP contribution in [-0.4, -0.2) is 30.7 Å². The van der Waals surface area contributed by atoms with Crippen molar-refractivity contribution in [2.75, 3.05) is 0 Å². The van der Waals surface area contributed by atoms with E-state index in [1.165, 1.54) is 0 Å². The number of alkyl halides is 3. The maximum Gasteiger partial charge on any atom is 0.433 e. The highest BCUT2D eigenvalue weighted by atomic mass is 19.4. The third kappa shape index (κ3) is 2.39. The summed E-state index contributed by atoms with van der Waals surface area (Å²) < 4.78 is 38.5. The van der Waals surface area contributed by atoms with Crippen LogP contribution in [0, 0.1) is 0 Å². The maximum absolute atomic E-state index is 12.6. The summed E-state index contributed by atoms with van der Waals surface area (Å²) >= 11 is 0. The Balaban J connectivity index is 2.42. The van der Waals surface area contributed by atoms with Gasteiger partial charge in [-0.2, -0.15) is 22.7 Å². The minimum Gasteiger partial charge on any atom is -0.481 e. The van der Waals surface area contributed by atoms with Gasteiger partial charge in [0.25, 0.3) is 5.78 Å². The highest BCUT2D eigenvalue weighted by Gasteiger charge is 2.34. The lowest BCUT2D eigenvalue weighted by Crippen LogP contribution is -2.12. The van der Waals surface area contributed by atoms with Gasteiger partial charge < -0.3 is 5.11 Å². The molecule has 0 aromatic carbocycles.